The first-order chi connectivity index (χ1) is 18.3. The average molecular weight is 471 g/mol. The van der Waals surface area contributed by atoms with Crippen LogP contribution in [0.25, 0.3) is 76.3 Å². The summed E-state index contributed by atoms with van der Waals surface area (Å²) in [6, 6.07) is 45.9. The molecule has 0 N–H and O–H groups in total. The maximum atomic E-state index is 6.30. The van der Waals surface area contributed by atoms with Crippen LogP contribution in [0.4, 0.5) is 0 Å². The molecule has 8 aromatic rings. The van der Waals surface area contributed by atoms with Gasteiger partial charge in [0.1, 0.15) is 5.58 Å². The summed E-state index contributed by atoms with van der Waals surface area (Å²) in [6.07, 6.45) is 1.93. The van der Waals surface area contributed by atoms with Gasteiger partial charge in [-0.15, -0.1) is 0 Å². The Balaban J connectivity index is 1.38. The maximum Gasteiger partial charge on any atom is 0.142 e. The van der Waals surface area contributed by atoms with E-state index in [1.165, 1.54) is 54.4 Å². The number of rotatable bonds is 2. The van der Waals surface area contributed by atoms with Crippen LogP contribution in [0.5, 0.6) is 0 Å². The van der Waals surface area contributed by atoms with Crippen molar-refractivity contribution in [3.05, 3.63) is 134 Å². The lowest BCUT2D eigenvalue weighted by molar-refractivity contribution is 0.620. The average Bonchev–Trinajstić information content (AvgIpc) is 3.40. The molecule has 1 heteroatoms. The quantitative estimate of drug-likeness (QED) is 0.181. The van der Waals surface area contributed by atoms with E-state index in [1.807, 2.05) is 6.26 Å². The Morgan fingerprint density at radius 3 is 1.81 bits per heavy atom. The molecular formula is C36H22O. The van der Waals surface area contributed by atoms with E-state index in [1.54, 1.807) is 0 Å². The van der Waals surface area contributed by atoms with Gasteiger partial charge in [0.15, 0.2) is 0 Å². The minimum Gasteiger partial charge on any atom is -0.463 e. The summed E-state index contributed by atoms with van der Waals surface area (Å²) in [4.78, 5) is 0. The van der Waals surface area contributed by atoms with Crippen LogP contribution in [0.3, 0.4) is 0 Å². The maximum absolute atomic E-state index is 6.30. The minimum absolute atomic E-state index is 0.942. The van der Waals surface area contributed by atoms with E-state index in [0.29, 0.717) is 0 Å². The Bertz CT molecular complexity index is 2140. The standard InChI is InChI=1S/C36H22O/c1-2-10-25-21-34-26(20-24(25)9-1)11-7-15-29(34)28-13-5-6-14-30(28)35-22-37-36-32-17-16-23-8-3-4-12-27(23)31(32)18-19-33(35)36/h1-22H. The first-order valence-corrected chi connectivity index (χ1v) is 12.7. The third-order valence-corrected chi connectivity index (χ3v) is 7.72. The van der Waals surface area contributed by atoms with E-state index in [-0.39, 0.29) is 0 Å². The zero-order valence-electron chi connectivity index (χ0n) is 20.1. The summed E-state index contributed by atoms with van der Waals surface area (Å²) in [5, 5.41) is 11.0. The van der Waals surface area contributed by atoms with E-state index < -0.39 is 0 Å². The van der Waals surface area contributed by atoms with Gasteiger partial charge in [0, 0.05) is 16.3 Å². The molecule has 37 heavy (non-hydrogen) atoms. The van der Waals surface area contributed by atoms with Gasteiger partial charge in [-0.3, -0.25) is 0 Å². The van der Waals surface area contributed by atoms with E-state index in [4.69, 9.17) is 4.42 Å². The zero-order chi connectivity index (χ0) is 24.3. The molecule has 0 spiro atoms. The van der Waals surface area contributed by atoms with E-state index in [2.05, 4.69) is 127 Å². The lowest BCUT2D eigenvalue weighted by atomic mass is 9.90. The van der Waals surface area contributed by atoms with Crippen LogP contribution in [0, 0.1) is 0 Å². The summed E-state index contributed by atoms with van der Waals surface area (Å²) in [5.74, 6) is 0. The topological polar surface area (TPSA) is 13.1 Å². The largest absolute Gasteiger partial charge is 0.463 e. The summed E-state index contributed by atoms with van der Waals surface area (Å²) in [7, 11) is 0. The number of fused-ring (bicyclic) bond motifs is 7. The molecule has 0 aliphatic carbocycles. The van der Waals surface area contributed by atoms with Crippen LogP contribution in [0.2, 0.25) is 0 Å². The molecule has 0 aliphatic rings. The second-order valence-corrected chi connectivity index (χ2v) is 9.75. The second kappa shape index (κ2) is 7.81. The number of hydrogen-bond donors (Lipinski definition) is 0. The third-order valence-electron chi connectivity index (χ3n) is 7.72. The molecule has 0 saturated carbocycles. The van der Waals surface area contributed by atoms with Gasteiger partial charge < -0.3 is 4.42 Å². The number of furan rings is 1. The van der Waals surface area contributed by atoms with E-state index in [9.17, 15) is 0 Å². The second-order valence-electron chi connectivity index (χ2n) is 9.75. The van der Waals surface area contributed by atoms with Gasteiger partial charge in [-0.05, 0) is 78.7 Å². The summed E-state index contributed by atoms with van der Waals surface area (Å²) in [5.41, 5.74) is 5.70. The van der Waals surface area contributed by atoms with Gasteiger partial charge >= 0.3 is 0 Å². The van der Waals surface area contributed by atoms with Crippen molar-refractivity contribution in [3.8, 4) is 22.3 Å². The Hall–Kier alpha value is -4.88. The van der Waals surface area contributed by atoms with Crippen LogP contribution in [-0.2, 0) is 0 Å². The number of benzene rings is 7. The highest BCUT2D eigenvalue weighted by Crippen LogP contribution is 2.42. The molecule has 1 heterocycles. The van der Waals surface area contributed by atoms with Crippen molar-refractivity contribution in [2.45, 2.75) is 0 Å². The Morgan fingerprint density at radius 2 is 0.946 bits per heavy atom. The molecule has 8 rings (SSSR count). The van der Waals surface area contributed by atoms with E-state index >= 15 is 0 Å². The van der Waals surface area contributed by atoms with Crippen LogP contribution in [0.1, 0.15) is 0 Å². The van der Waals surface area contributed by atoms with Crippen molar-refractivity contribution in [3.63, 3.8) is 0 Å². The van der Waals surface area contributed by atoms with Crippen molar-refractivity contribution in [1.29, 1.82) is 0 Å². The van der Waals surface area contributed by atoms with Crippen LogP contribution in [0.15, 0.2) is 138 Å². The molecule has 0 saturated heterocycles. The van der Waals surface area contributed by atoms with Crippen molar-refractivity contribution in [2.75, 3.05) is 0 Å². The molecule has 7 aromatic carbocycles. The molecule has 0 amide bonds. The van der Waals surface area contributed by atoms with E-state index in [0.717, 1.165) is 21.9 Å². The summed E-state index contributed by atoms with van der Waals surface area (Å²) >= 11 is 0. The predicted molar refractivity (Wildman–Crippen MR) is 157 cm³/mol. The molecule has 1 aromatic heterocycles. The predicted octanol–water partition coefficient (Wildman–Crippen LogP) is 10.4. The molecule has 0 unspecified atom stereocenters. The summed E-state index contributed by atoms with van der Waals surface area (Å²) < 4.78 is 6.30. The molecule has 0 aliphatic heterocycles. The molecule has 1 nitrogen and oxygen atoms in total. The minimum atomic E-state index is 0.942. The van der Waals surface area contributed by atoms with Crippen molar-refractivity contribution < 1.29 is 4.42 Å². The molecule has 0 atom stereocenters. The number of hydrogen-bond acceptors (Lipinski definition) is 1. The van der Waals surface area contributed by atoms with Crippen molar-refractivity contribution in [1.82, 2.24) is 0 Å². The normalized spacial score (nSPS) is 11.8. The van der Waals surface area contributed by atoms with Gasteiger partial charge in [0.05, 0.1) is 6.26 Å². The van der Waals surface area contributed by atoms with Crippen molar-refractivity contribution >= 4 is 54.1 Å². The molecular weight excluding hydrogens is 448 g/mol. The SMILES string of the molecule is c1ccc(-c2coc3c2ccc2c4ccccc4ccc23)c(-c2cccc3cc4ccccc4cc23)c1. The van der Waals surface area contributed by atoms with Crippen LogP contribution in [-0.4, -0.2) is 0 Å². The Morgan fingerprint density at radius 1 is 0.324 bits per heavy atom. The fourth-order valence-electron chi connectivity index (χ4n) is 5.94. The summed E-state index contributed by atoms with van der Waals surface area (Å²) in [6.45, 7) is 0. The highest BCUT2D eigenvalue weighted by molar-refractivity contribution is 6.18. The molecule has 0 bridgehead atoms. The smallest absolute Gasteiger partial charge is 0.142 e. The van der Waals surface area contributed by atoms with Crippen LogP contribution < -0.4 is 0 Å². The molecule has 0 radical (unpaired) electrons. The van der Waals surface area contributed by atoms with Crippen molar-refractivity contribution in [2.24, 2.45) is 0 Å². The van der Waals surface area contributed by atoms with Gasteiger partial charge in [0.2, 0.25) is 0 Å². The van der Waals surface area contributed by atoms with Gasteiger partial charge in [-0.25, -0.2) is 0 Å². The van der Waals surface area contributed by atoms with Gasteiger partial charge in [-0.1, -0.05) is 103 Å². The lowest BCUT2D eigenvalue weighted by Crippen LogP contribution is -1.87. The lowest BCUT2D eigenvalue weighted by Gasteiger charge is -2.13. The molecule has 172 valence electrons. The third kappa shape index (κ3) is 3.04. The Labute approximate surface area is 214 Å². The first-order valence-electron chi connectivity index (χ1n) is 12.7. The molecule has 0 fully saturated rings. The fraction of sp³-hybridized carbons (Fsp3) is 0. The highest BCUT2D eigenvalue weighted by atomic mass is 16.3. The fourth-order valence-corrected chi connectivity index (χ4v) is 5.94. The zero-order valence-corrected chi connectivity index (χ0v) is 20.1. The highest BCUT2D eigenvalue weighted by Gasteiger charge is 2.17. The Kier molecular flexibility index (Phi) is 4.29. The van der Waals surface area contributed by atoms with Gasteiger partial charge in [0.25, 0.3) is 0 Å². The van der Waals surface area contributed by atoms with Gasteiger partial charge in [-0.2, -0.15) is 0 Å². The van der Waals surface area contributed by atoms with Crippen LogP contribution >= 0.6 is 0 Å². The first kappa shape index (κ1) is 20.3. The monoisotopic (exact) mass is 470 g/mol.